The summed E-state index contributed by atoms with van der Waals surface area (Å²) in [5, 5.41) is 0. The molecule has 1 aromatic carbocycles. The SMILES string of the molecule is Cc1ccc(F)cc1O[C@@H]1CCN(C(=O)OC(C)(C)C)C1. The van der Waals surface area contributed by atoms with Crippen molar-refractivity contribution in [2.75, 3.05) is 13.1 Å². The van der Waals surface area contributed by atoms with Crippen LogP contribution in [-0.4, -0.2) is 35.8 Å². The maximum absolute atomic E-state index is 13.2. The third-order valence-corrected chi connectivity index (χ3v) is 3.24. The van der Waals surface area contributed by atoms with E-state index in [1.54, 1.807) is 11.0 Å². The Hall–Kier alpha value is -1.78. The molecule has 0 radical (unpaired) electrons. The summed E-state index contributed by atoms with van der Waals surface area (Å²) in [6.45, 7) is 8.44. The lowest BCUT2D eigenvalue weighted by atomic mass is 10.2. The van der Waals surface area contributed by atoms with Crippen LogP contribution in [0.15, 0.2) is 18.2 Å². The van der Waals surface area contributed by atoms with Crippen molar-refractivity contribution in [2.24, 2.45) is 0 Å². The molecule has 1 aromatic rings. The highest BCUT2D eigenvalue weighted by atomic mass is 19.1. The first kappa shape index (κ1) is 15.6. The van der Waals surface area contributed by atoms with Crippen LogP contribution in [-0.2, 0) is 4.74 Å². The molecule has 5 heteroatoms. The second kappa shape index (κ2) is 5.92. The summed E-state index contributed by atoms with van der Waals surface area (Å²) in [4.78, 5) is 13.6. The molecule has 1 fully saturated rings. The van der Waals surface area contributed by atoms with Crippen LogP contribution >= 0.6 is 0 Å². The number of hydrogen-bond acceptors (Lipinski definition) is 3. The monoisotopic (exact) mass is 295 g/mol. The molecule has 0 aliphatic carbocycles. The molecule has 2 rings (SSSR count). The zero-order valence-corrected chi connectivity index (χ0v) is 13.0. The average Bonchev–Trinajstić information content (AvgIpc) is 2.80. The standard InChI is InChI=1S/C16H22FNO3/c1-11-5-6-12(17)9-14(11)20-13-7-8-18(10-13)15(19)21-16(2,3)4/h5-6,9,13H,7-8,10H2,1-4H3/t13-/m1/s1. The minimum Gasteiger partial charge on any atom is -0.488 e. The van der Waals surface area contributed by atoms with Crippen LogP contribution < -0.4 is 4.74 Å². The number of aryl methyl sites for hydroxylation is 1. The normalized spacial score (nSPS) is 18.7. The summed E-state index contributed by atoms with van der Waals surface area (Å²) < 4.78 is 24.4. The van der Waals surface area contributed by atoms with Gasteiger partial charge in [-0.1, -0.05) is 6.07 Å². The van der Waals surface area contributed by atoms with E-state index >= 15 is 0 Å². The molecule has 0 N–H and O–H groups in total. The van der Waals surface area contributed by atoms with Gasteiger partial charge >= 0.3 is 6.09 Å². The zero-order valence-electron chi connectivity index (χ0n) is 13.0. The van der Waals surface area contributed by atoms with Crippen molar-refractivity contribution in [2.45, 2.75) is 45.8 Å². The zero-order chi connectivity index (χ0) is 15.6. The Labute approximate surface area is 124 Å². The highest BCUT2D eigenvalue weighted by Crippen LogP contribution is 2.24. The van der Waals surface area contributed by atoms with Gasteiger partial charge in [-0.05, 0) is 39.3 Å². The second-order valence-corrected chi connectivity index (χ2v) is 6.36. The number of likely N-dealkylation sites (tertiary alicyclic amines) is 1. The quantitative estimate of drug-likeness (QED) is 0.838. The van der Waals surface area contributed by atoms with Crippen LogP contribution in [0.2, 0.25) is 0 Å². The molecule has 1 aliphatic heterocycles. The van der Waals surface area contributed by atoms with E-state index in [2.05, 4.69) is 0 Å². The van der Waals surface area contributed by atoms with Crippen LogP contribution in [0.1, 0.15) is 32.8 Å². The fourth-order valence-electron chi connectivity index (χ4n) is 2.20. The summed E-state index contributed by atoms with van der Waals surface area (Å²) >= 11 is 0. The smallest absolute Gasteiger partial charge is 0.410 e. The molecule has 0 saturated carbocycles. The lowest BCUT2D eigenvalue weighted by Gasteiger charge is -2.24. The van der Waals surface area contributed by atoms with Gasteiger partial charge < -0.3 is 14.4 Å². The van der Waals surface area contributed by atoms with E-state index in [0.717, 1.165) is 12.0 Å². The Kier molecular flexibility index (Phi) is 4.40. The van der Waals surface area contributed by atoms with Gasteiger partial charge in [0.05, 0.1) is 6.54 Å². The fourth-order valence-corrected chi connectivity index (χ4v) is 2.20. The van der Waals surface area contributed by atoms with E-state index < -0.39 is 5.60 Å². The van der Waals surface area contributed by atoms with Crippen LogP contribution in [0, 0.1) is 12.7 Å². The van der Waals surface area contributed by atoms with Crippen LogP contribution in [0.5, 0.6) is 5.75 Å². The van der Waals surface area contributed by atoms with Crippen LogP contribution in [0.4, 0.5) is 9.18 Å². The summed E-state index contributed by atoms with van der Waals surface area (Å²) in [7, 11) is 0. The van der Waals surface area contributed by atoms with Crippen molar-refractivity contribution in [1.82, 2.24) is 4.90 Å². The van der Waals surface area contributed by atoms with Crippen molar-refractivity contribution >= 4 is 6.09 Å². The van der Waals surface area contributed by atoms with E-state index in [0.29, 0.717) is 18.8 Å². The molecule has 116 valence electrons. The van der Waals surface area contributed by atoms with Gasteiger partial charge in [0.2, 0.25) is 0 Å². The molecular formula is C16H22FNO3. The minimum absolute atomic E-state index is 0.127. The van der Waals surface area contributed by atoms with Gasteiger partial charge in [0, 0.05) is 19.0 Å². The van der Waals surface area contributed by atoms with E-state index in [9.17, 15) is 9.18 Å². The topological polar surface area (TPSA) is 38.8 Å². The van der Waals surface area contributed by atoms with Crippen molar-refractivity contribution in [3.63, 3.8) is 0 Å². The number of amides is 1. The van der Waals surface area contributed by atoms with Gasteiger partial charge in [-0.2, -0.15) is 0 Å². The summed E-state index contributed by atoms with van der Waals surface area (Å²) in [6.07, 6.45) is 0.262. The first-order valence-corrected chi connectivity index (χ1v) is 7.15. The Bertz CT molecular complexity index is 525. The van der Waals surface area contributed by atoms with Crippen molar-refractivity contribution in [1.29, 1.82) is 0 Å². The van der Waals surface area contributed by atoms with Gasteiger partial charge in [-0.15, -0.1) is 0 Å². The molecule has 0 spiro atoms. The van der Waals surface area contributed by atoms with Gasteiger partial charge in [-0.3, -0.25) is 0 Å². The molecule has 1 saturated heterocycles. The van der Waals surface area contributed by atoms with E-state index in [1.165, 1.54) is 12.1 Å². The average molecular weight is 295 g/mol. The molecule has 1 heterocycles. The molecule has 1 amide bonds. The number of carbonyl (C=O) groups is 1. The summed E-state index contributed by atoms with van der Waals surface area (Å²) in [5.41, 5.74) is 0.377. The number of nitrogens with zero attached hydrogens (tertiary/aromatic N) is 1. The Balaban J connectivity index is 1.93. The fraction of sp³-hybridized carbons (Fsp3) is 0.562. The summed E-state index contributed by atoms with van der Waals surface area (Å²) in [5.74, 6) is 0.212. The predicted octanol–water partition coefficient (Wildman–Crippen LogP) is 3.52. The lowest BCUT2D eigenvalue weighted by molar-refractivity contribution is 0.0275. The maximum atomic E-state index is 13.2. The molecule has 21 heavy (non-hydrogen) atoms. The van der Waals surface area contributed by atoms with Crippen molar-refractivity contribution in [3.8, 4) is 5.75 Å². The van der Waals surface area contributed by atoms with Gasteiger partial charge in [0.1, 0.15) is 23.3 Å². The van der Waals surface area contributed by atoms with Gasteiger partial charge in [-0.25, -0.2) is 9.18 Å². The van der Waals surface area contributed by atoms with Crippen LogP contribution in [0.3, 0.4) is 0 Å². The number of benzene rings is 1. The van der Waals surface area contributed by atoms with Gasteiger partial charge in [0.15, 0.2) is 0 Å². The predicted molar refractivity (Wildman–Crippen MR) is 78.0 cm³/mol. The maximum Gasteiger partial charge on any atom is 0.410 e. The second-order valence-electron chi connectivity index (χ2n) is 6.36. The molecule has 0 bridgehead atoms. The van der Waals surface area contributed by atoms with E-state index in [1.807, 2.05) is 27.7 Å². The van der Waals surface area contributed by atoms with Crippen molar-refractivity contribution < 1.29 is 18.7 Å². The third kappa shape index (κ3) is 4.34. The first-order chi connectivity index (χ1) is 9.74. The number of ether oxygens (including phenoxy) is 2. The summed E-state index contributed by atoms with van der Waals surface area (Å²) in [6, 6.07) is 4.47. The molecular weight excluding hydrogens is 273 g/mol. The number of carbonyl (C=O) groups excluding carboxylic acids is 1. The lowest BCUT2D eigenvalue weighted by Crippen LogP contribution is -2.36. The third-order valence-electron chi connectivity index (χ3n) is 3.24. The molecule has 4 nitrogen and oxygen atoms in total. The minimum atomic E-state index is -0.505. The largest absolute Gasteiger partial charge is 0.488 e. The Morgan fingerprint density at radius 2 is 2.10 bits per heavy atom. The molecule has 0 unspecified atom stereocenters. The Morgan fingerprint density at radius 3 is 2.76 bits per heavy atom. The Morgan fingerprint density at radius 1 is 1.38 bits per heavy atom. The number of hydrogen-bond donors (Lipinski definition) is 0. The highest BCUT2D eigenvalue weighted by Gasteiger charge is 2.31. The van der Waals surface area contributed by atoms with Crippen molar-refractivity contribution in [3.05, 3.63) is 29.6 Å². The molecule has 0 aromatic heterocycles. The first-order valence-electron chi connectivity index (χ1n) is 7.15. The van der Waals surface area contributed by atoms with E-state index in [-0.39, 0.29) is 18.0 Å². The molecule has 1 aliphatic rings. The number of rotatable bonds is 2. The number of halogens is 1. The molecule has 1 atom stereocenters. The van der Waals surface area contributed by atoms with Gasteiger partial charge in [0.25, 0.3) is 0 Å². The van der Waals surface area contributed by atoms with E-state index in [4.69, 9.17) is 9.47 Å². The highest BCUT2D eigenvalue weighted by molar-refractivity contribution is 5.68. The van der Waals surface area contributed by atoms with Crippen LogP contribution in [0.25, 0.3) is 0 Å².